The topological polar surface area (TPSA) is 56.7 Å². The quantitative estimate of drug-likeness (QED) is 0.801. The van der Waals surface area contributed by atoms with E-state index >= 15 is 0 Å². The van der Waals surface area contributed by atoms with Crippen molar-refractivity contribution in [1.29, 1.82) is 0 Å². The Labute approximate surface area is 121 Å². The number of nitrogens with two attached hydrogens (primary N) is 1. The van der Waals surface area contributed by atoms with Gasteiger partial charge in [0.25, 0.3) is 0 Å². The van der Waals surface area contributed by atoms with Crippen molar-refractivity contribution in [2.75, 3.05) is 6.54 Å². The minimum absolute atomic E-state index is 0.0800. The molecular formula is C15H16N4S. The van der Waals surface area contributed by atoms with Gasteiger partial charge < -0.3 is 5.73 Å². The highest BCUT2D eigenvalue weighted by molar-refractivity contribution is 7.09. The van der Waals surface area contributed by atoms with E-state index in [0.717, 1.165) is 22.1 Å². The molecule has 0 radical (unpaired) electrons. The normalized spacial score (nSPS) is 12.5. The van der Waals surface area contributed by atoms with E-state index < -0.39 is 0 Å². The second-order valence-electron chi connectivity index (χ2n) is 4.62. The van der Waals surface area contributed by atoms with E-state index in [1.165, 1.54) is 0 Å². The molecule has 102 valence electrons. The van der Waals surface area contributed by atoms with Gasteiger partial charge in [-0.05, 0) is 25.1 Å². The van der Waals surface area contributed by atoms with E-state index in [1.54, 1.807) is 11.3 Å². The van der Waals surface area contributed by atoms with Gasteiger partial charge in [0.15, 0.2) is 0 Å². The van der Waals surface area contributed by atoms with Gasteiger partial charge in [0.2, 0.25) is 0 Å². The molecule has 0 bridgehead atoms. The van der Waals surface area contributed by atoms with Crippen LogP contribution >= 0.6 is 11.3 Å². The summed E-state index contributed by atoms with van der Waals surface area (Å²) in [6.45, 7) is 2.52. The number of aryl methyl sites for hydroxylation is 1. The Hall–Kier alpha value is -1.98. The van der Waals surface area contributed by atoms with Gasteiger partial charge in [0.05, 0.1) is 23.0 Å². The summed E-state index contributed by atoms with van der Waals surface area (Å²) < 4.78 is 1.97. The highest BCUT2D eigenvalue weighted by Gasteiger charge is 2.21. The van der Waals surface area contributed by atoms with E-state index in [0.29, 0.717) is 6.54 Å². The average molecular weight is 284 g/mol. The fourth-order valence-corrected chi connectivity index (χ4v) is 3.06. The van der Waals surface area contributed by atoms with Gasteiger partial charge in [0.1, 0.15) is 5.01 Å². The molecule has 2 heterocycles. The Morgan fingerprint density at radius 3 is 2.75 bits per heavy atom. The number of para-hydroxylation sites is 1. The van der Waals surface area contributed by atoms with Crippen LogP contribution in [-0.4, -0.2) is 21.3 Å². The van der Waals surface area contributed by atoms with Gasteiger partial charge in [-0.2, -0.15) is 5.10 Å². The molecule has 3 rings (SSSR count). The van der Waals surface area contributed by atoms with Gasteiger partial charge >= 0.3 is 0 Å². The number of hydrogen-bond acceptors (Lipinski definition) is 4. The summed E-state index contributed by atoms with van der Waals surface area (Å²) >= 11 is 1.63. The van der Waals surface area contributed by atoms with Gasteiger partial charge in [-0.1, -0.05) is 18.2 Å². The first-order chi connectivity index (χ1) is 9.79. The van der Waals surface area contributed by atoms with Crippen LogP contribution in [-0.2, 0) is 0 Å². The fourth-order valence-electron chi connectivity index (χ4n) is 2.30. The molecule has 5 heteroatoms. The third-order valence-electron chi connectivity index (χ3n) is 3.20. The van der Waals surface area contributed by atoms with Crippen LogP contribution in [0.4, 0.5) is 0 Å². The summed E-state index contributed by atoms with van der Waals surface area (Å²) in [6.07, 6.45) is 1.82. The van der Waals surface area contributed by atoms with Crippen molar-refractivity contribution in [2.24, 2.45) is 5.73 Å². The SMILES string of the molecule is Cc1cc(C(CN)c2nccs2)n(-c2ccccc2)n1. The Morgan fingerprint density at radius 1 is 1.30 bits per heavy atom. The molecule has 1 atom stereocenters. The molecule has 2 aromatic heterocycles. The molecule has 1 unspecified atom stereocenters. The van der Waals surface area contributed by atoms with Crippen LogP contribution in [0.5, 0.6) is 0 Å². The smallest absolute Gasteiger partial charge is 0.103 e. The highest BCUT2D eigenvalue weighted by Crippen LogP contribution is 2.27. The van der Waals surface area contributed by atoms with Crippen molar-refractivity contribution in [3.8, 4) is 5.69 Å². The van der Waals surface area contributed by atoms with Crippen molar-refractivity contribution >= 4 is 11.3 Å². The van der Waals surface area contributed by atoms with Crippen LogP contribution in [0.25, 0.3) is 5.69 Å². The largest absolute Gasteiger partial charge is 0.329 e. The van der Waals surface area contributed by atoms with Crippen LogP contribution in [0.1, 0.15) is 22.3 Å². The first kappa shape index (κ1) is 13.0. The number of hydrogen-bond donors (Lipinski definition) is 1. The van der Waals surface area contributed by atoms with Crippen LogP contribution < -0.4 is 5.73 Å². The molecule has 0 aliphatic carbocycles. The first-order valence-corrected chi connectivity index (χ1v) is 7.39. The standard InChI is InChI=1S/C15H16N4S/c1-11-9-14(13(10-16)15-17-7-8-20-15)19(18-11)12-5-3-2-4-6-12/h2-9,13H,10,16H2,1H3. The second kappa shape index (κ2) is 5.56. The number of thiazole rings is 1. The van der Waals surface area contributed by atoms with Gasteiger partial charge in [-0.15, -0.1) is 11.3 Å². The van der Waals surface area contributed by atoms with Gasteiger partial charge in [-0.3, -0.25) is 0 Å². The minimum Gasteiger partial charge on any atom is -0.329 e. The molecule has 0 spiro atoms. The van der Waals surface area contributed by atoms with E-state index in [2.05, 4.69) is 16.1 Å². The zero-order valence-corrected chi connectivity index (χ0v) is 12.0. The van der Waals surface area contributed by atoms with Gasteiger partial charge in [0, 0.05) is 18.1 Å². The molecule has 0 amide bonds. The van der Waals surface area contributed by atoms with Crippen LogP contribution in [0, 0.1) is 6.92 Å². The molecule has 0 aliphatic rings. The highest BCUT2D eigenvalue weighted by atomic mass is 32.1. The van der Waals surface area contributed by atoms with Crippen molar-refractivity contribution in [1.82, 2.24) is 14.8 Å². The van der Waals surface area contributed by atoms with E-state index in [4.69, 9.17) is 5.73 Å². The summed E-state index contributed by atoms with van der Waals surface area (Å²) in [5, 5.41) is 7.61. The molecule has 20 heavy (non-hydrogen) atoms. The molecule has 0 saturated heterocycles. The first-order valence-electron chi connectivity index (χ1n) is 6.51. The summed E-state index contributed by atoms with van der Waals surface area (Å²) in [5.41, 5.74) is 9.10. The zero-order valence-electron chi connectivity index (χ0n) is 11.2. The minimum atomic E-state index is 0.0800. The molecule has 2 N–H and O–H groups in total. The average Bonchev–Trinajstić information content (AvgIpc) is 3.11. The predicted octanol–water partition coefficient (Wildman–Crippen LogP) is 2.73. The summed E-state index contributed by atoms with van der Waals surface area (Å²) in [5.74, 6) is 0.0800. The zero-order chi connectivity index (χ0) is 13.9. The molecule has 0 saturated carbocycles. The lowest BCUT2D eigenvalue weighted by atomic mass is 10.1. The summed E-state index contributed by atoms with van der Waals surface area (Å²) in [7, 11) is 0. The van der Waals surface area contributed by atoms with Crippen molar-refractivity contribution in [2.45, 2.75) is 12.8 Å². The maximum Gasteiger partial charge on any atom is 0.103 e. The number of benzene rings is 1. The molecule has 0 fully saturated rings. The van der Waals surface area contributed by atoms with Crippen LogP contribution in [0.15, 0.2) is 48.0 Å². The number of nitrogens with zero attached hydrogens (tertiary/aromatic N) is 3. The summed E-state index contributed by atoms with van der Waals surface area (Å²) in [4.78, 5) is 4.41. The lowest BCUT2D eigenvalue weighted by Gasteiger charge is -2.14. The Kier molecular flexibility index (Phi) is 3.62. The van der Waals surface area contributed by atoms with Crippen molar-refractivity contribution < 1.29 is 0 Å². The molecule has 0 aliphatic heterocycles. The third-order valence-corrected chi connectivity index (χ3v) is 4.09. The van der Waals surface area contributed by atoms with E-state index in [1.807, 2.05) is 53.5 Å². The molecule has 3 aromatic rings. The fraction of sp³-hybridized carbons (Fsp3) is 0.200. The maximum absolute atomic E-state index is 5.98. The molecular weight excluding hydrogens is 268 g/mol. The maximum atomic E-state index is 5.98. The second-order valence-corrected chi connectivity index (χ2v) is 5.54. The van der Waals surface area contributed by atoms with E-state index in [9.17, 15) is 0 Å². The number of rotatable bonds is 4. The lowest BCUT2D eigenvalue weighted by Crippen LogP contribution is -2.17. The van der Waals surface area contributed by atoms with Crippen LogP contribution in [0.3, 0.4) is 0 Å². The predicted molar refractivity (Wildman–Crippen MR) is 81.3 cm³/mol. The van der Waals surface area contributed by atoms with Crippen LogP contribution in [0.2, 0.25) is 0 Å². The van der Waals surface area contributed by atoms with Gasteiger partial charge in [-0.25, -0.2) is 9.67 Å². The Bertz CT molecular complexity index is 673. The Morgan fingerprint density at radius 2 is 2.10 bits per heavy atom. The summed E-state index contributed by atoms with van der Waals surface area (Å²) in [6, 6.07) is 12.2. The Balaban J connectivity index is 2.10. The monoisotopic (exact) mass is 284 g/mol. The molecule has 4 nitrogen and oxygen atoms in total. The van der Waals surface area contributed by atoms with Crippen molar-refractivity contribution in [3.05, 3.63) is 64.4 Å². The lowest BCUT2D eigenvalue weighted by molar-refractivity contribution is 0.714. The number of aromatic nitrogens is 3. The van der Waals surface area contributed by atoms with Crippen molar-refractivity contribution in [3.63, 3.8) is 0 Å². The third kappa shape index (κ3) is 2.37. The molecule has 1 aromatic carbocycles. The van der Waals surface area contributed by atoms with E-state index in [-0.39, 0.29) is 5.92 Å².